The summed E-state index contributed by atoms with van der Waals surface area (Å²) in [5, 5.41) is 4.86. The predicted octanol–water partition coefficient (Wildman–Crippen LogP) is 13.6. The minimum atomic E-state index is -0.550. The van der Waals surface area contributed by atoms with Crippen LogP contribution in [0.15, 0.2) is 200 Å². The van der Waals surface area contributed by atoms with Crippen LogP contribution in [-0.2, 0) is 5.41 Å². The van der Waals surface area contributed by atoms with E-state index < -0.39 is 5.41 Å². The molecule has 1 aliphatic heterocycles. The molecular formula is C51H33NO. The second kappa shape index (κ2) is 11.6. The van der Waals surface area contributed by atoms with Gasteiger partial charge in [-0.1, -0.05) is 152 Å². The lowest BCUT2D eigenvalue weighted by molar-refractivity contribution is 0.438. The zero-order valence-corrected chi connectivity index (χ0v) is 28.9. The molecule has 0 N–H and O–H groups in total. The van der Waals surface area contributed by atoms with Crippen molar-refractivity contribution in [3.05, 3.63) is 222 Å². The number of para-hydroxylation sites is 2. The summed E-state index contributed by atoms with van der Waals surface area (Å²) in [4.78, 5) is 2.36. The molecule has 1 heterocycles. The van der Waals surface area contributed by atoms with Crippen LogP contribution < -0.4 is 9.64 Å². The zero-order valence-electron chi connectivity index (χ0n) is 28.9. The molecule has 2 aliphatic rings. The molecule has 248 valence electrons. The fraction of sp³-hybridized carbons (Fsp3) is 0.0196. The normalized spacial score (nSPS) is 15.0. The first-order valence-electron chi connectivity index (χ1n) is 18.3. The zero-order chi connectivity index (χ0) is 34.9. The Labute approximate surface area is 308 Å². The summed E-state index contributed by atoms with van der Waals surface area (Å²) in [6, 6.07) is 72.6. The molecule has 0 amide bonds. The molecule has 1 aliphatic carbocycles. The van der Waals surface area contributed by atoms with E-state index in [1.54, 1.807) is 0 Å². The van der Waals surface area contributed by atoms with E-state index in [4.69, 9.17) is 4.74 Å². The Morgan fingerprint density at radius 3 is 1.85 bits per heavy atom. The third-order valence-corrected chi connectivity index (χ3v) is 11.3. The lowest BCUT2D eigenvalue weighted by atomic mass is 9.64. The van der Waals surface area contributed by atoms with Crippen molar-refractivity contribution in [2.45, 2.75) is 5.41 Å². The standard InChI is InChI=1S/C51H33NO/c1-2-16-38(17-3-1)52(47-23-12-15-35-13-4-6-18-40(35)47)39-29-25-34(26-30-39)37-27-31-43-42-20-8-9-21-44(42)51(46(43)33-37)45-22-10-11-24-48(45)53-49-32-28-36-14-5-7-19-41(36)50(49)51/h1-33H. The van der Waals surface area contributed by atoms with Crippen LogP contribution in [0.25, 0.3) is 43.8 Å². The number of hydrogen-bond donors (Lipinski definition) is 0. The molecule has 0 aromatic heterocycles. The first-order valence-corrected chi connectivity index (χ1v) is 18.3. The van der Waals surface area contributed by atoms with Crippen molar-refractivity contribution in [2.75, 3.05) is 4.90 Å². The summed E-state index contributed by atoms with van der Waals surface area (Å²) in [6.45, 7) is 0. The van der Waals surface area contributed by atoms with Crippen LogP contribution in [-0.4, -0.2) is 0 Å². The summed E-state index contributed by atoms with van der Waals surface area (Å²) in [5.74, 6) is 1.82. The third kappa shape index (κ3) is 4.33. The highest BCUT2D eigenvalue weighted by atomic mass is 16.5. The monoisotopic (exact) mass is 675 g/mol. The Morgan fingerprint density at radius 1 is 0.377 bits per heavy atom. The molecule has 1 spiro atoms. The van der Waals surface area contributed by atoms with Crippen molar-refractivity contribution in [1.29, 1.82) is 0 Å². The lowest BCUT2D eigenvalue weighted by Crippen LogP contribution is -2.32. The van der Waals surface area contributed by atoms with E-state index in [-0.39, 0.29) is 0 Å². The Morgan fingerprint density at radius 2 is 1.00 bits per heavy atom. The van der Waals surface area contributed by atoms with Crippen molar-refractivity contribution >= 4 is 38.6 Å². The van der Waals surface area contributed by atoms with Gasteiger partial charge in [-0.2, -0.15) is 0 Å². The van der Waals surface area contributed by atoms with E-state index in [2.05, 4.69) is 205 Å². The van der Waals surface area contributed by atoms with Crippen molar-refractivity contribution in [3.8, 4) is 33.8 Å². The first kappa shape index (κ1) is 29.8. The van der Waals surface area contributed by atoms with Crippen molar-refractivity contribution in [2.24, 2.45) is 0 Å². The number of benzene rings is 9. The van der Waals surface area contributed by atoms with E-state index in [1.165, 1.54) is 66.1 Å². The molecule has 9 aromatic carbocycles. The minimum Gasteiger partial charge on any atom is -0.457 e. The fourth-order valence-electron chi connectivity index (χ4n) is 9.07. The maximum Gasteiger partial charge on any atom is 0.132 e. The SMILES string of the molecule is c1ccc(N(c2ccc(-c3ccc4c(c3)C3(c5ccccc5Oc5ccc6ccccc6c53)c3ccccc3-4)cc2)c2cccc3ccccc23)cc1. The summed E-state index contributed by atoms with van der Waals surface area (Å²) < 4.78 is 6.75. The Hall–Kier alpha value is -6.90. The molecule has 0 bridgehead atoms. The average molecular weight is 676 g/mol. The van der Waals surface area contributed by atoms with Crippen molar-refractivity contribution in [3.63, 3.8) is 0 Å². The highest BCUT2D eigenvalue weighted by molar-refractivity contribution is 6.00. The van der Waals surface area contributed by atoms with Crippen molar-refractivity contribution in [1.82, 2.24) is 0 Å². The van der Waals surface area contributed by atoms with Gasteiger partial charge in [0.1, 0.15) is 11.5 Å². The van der Waals surface area contributed by atoms with Crippen LogP contribution in [0.3, 0.4) is 0 Å². The van der Waals surface area contributed by atoms with E-state index in [1.807, 2.05) is 0 Å². The van der Waals surface area contributed by atoms with Gasteiger partial charge in [0.05, 0.1) is 11.1 Å². The summed E-state index contributed by atoms with van der Waals surface area (Å²) >= 11 is 0. The maximum atomic E-state index is 6.75. The fourth-order valence-corrected chi connectivity index (χ4v) is 9.07. The number of nitrogens with zero attached hydrogens (tertiary/aromatic N) is 1. The molecule has 53 heavy (non-hydrogen) atoms. The largest absolute Gasteiger partial charge is 0.457 e. The summed E-state index contributed by atoms with van der Waals surface area (Å²) in [6.07, 6.45) is 0. The van der Waals surface area contributed by atoms with Gasteiger partial charge >= 0.3 is 0 Å². The van der Waals surface area contributed by atoms with E-state index in [0.717, 1.165) is 28.6 Å². The number of fused-ring (bicyclic) bond motifs is 12. The van der Waals surface area contributed by atoms with Crippen molar-refractivity contribution < 1.29 is 4.74 Å². The molecular weight excluding hydrogens is 643 g/mol. The predicted molar refractivity (Wildman–Crippen MR) is 219 cm³/mol. The van der Waals surface area contributed by atoms with Gasteiger partial charge in [0.25, 0.3) is 0 Å². The van der Waals surface area contributed by atoms with Crippen LogP contribution in [0, 0.1) is 0 Å². The highest BCUT2D eigenvalue weighted by Crippen LogP contribution is 2.63. The van der Waals surface area contributed by atoms with Gasteiger partial charge in [-0.25, -0.2) is 0 Å². The first-order chi connectivity index (χ1) is 26.3. The van der Waals surface area contributed by atoms with Crippen LogP contribution in [0.1, 0.15) is 22.3 Å². The highest BCUT2D eigenvalue weighted by Gasteiger charge is 2.51. The quantitative estimate of drug-likeness (QED) is 0.184. The number of ether oxygens (including phenoxy) is 1. The molecule has 0 saturated carbocycles. The van der Waals surface area contributed by atoms with E-state index in [9.17, 15) is 0 Å². The van der Waals surface area contributed by atoms with Gasteiger partial charge in [0.2, 0.25) is 0 Å². The van der Waals surface area contributed by atoms with Gasteiger partial charge in [0.15, 0.2) is 0 Å². The maximum absolute atomic E-state index is 6.75. The number of hydrogen-bond acceptors (Lipinski definition) is 2. The van der Waals surface area contributed by atoms with Crippen LogP contribution in [0.5, 0.6) is 11.5 Å². The molecule has 0 saturated heterocycles. The molecule has 1 atom stereocenters. The minimum absolute atomic E-state index is 0.550. The Kier molecular flexibility index (Phi) is 6.50. The molecule has 1 unspecified atom stereocenters. The molecule has 0 fully saturated rings. The second-order valence-corrected chi connectivity index (χ2v) is 14.0. The van der Waals surface area contributed by atoms with Gasteiger partial charge in [-0.15, -0.1) is 0 Å². The van der Waals surface area contributed by atoms with Crippen LogP contribution in [0.4, 0.5) is 17.1 Å². The van der Waals surface area contributed by atoms with Crippen LogP contribution in [0.2, 0.25) is 0 Å². The Bertz CT molecular complexity index is 2870. The molecule has 2 heteroatoms. The van der Waals surface area contributed by atoms with Gasteiger partial charge in [-0.3, -0.25) is 0 Å². The third-order valence-electron chi connectivity index (χ3n) is 11.3. The van der Waals surface area contributed by atoms with Gasteiger partial charge < -0.3 is 9.64 Å². The summed E-state index contributed by atoms with van der Waals surface area (Å²) in [5.41, 5.74) is 12.7. The molecule has 11 rings (SSSR count). The van der Waals surface area contributed by atoms with Gasteiger partial charge in [0, 0.05) is 27.9 Å². The summed E-state index contributed by atoms with van der Waals surface area (Å²) in [7, 11) is 0. The van der Waals surface area contributed by atoms with Gasteiger partial charge in [-0.05, 0) is 98.1 Å². The Balaban J connectivity index is 1.11. The van der Waals surface area contributed by atoms with E-state index >= 15 is 0 Å². The molecule has 0 radical (unpaired) electrons. The van der Waals surface area contributed by atoms with E-state index in [0.29, 0.717) is 0 Å². The second-order valence-electron chi connectivity index (χ2n) is 14.0. The number of anilines is 3. The number of rotatable bonds is 4. The van der Waals surface area contributed by atoms with Crippen LogP contribution >= 0.6 is 0 Å². The lowest BCUT2D eigenvalue weighted by Gasteiger charge is -2.40. The molecule has 9 aromatic rings. The average Bonchev–Trinajstić information content (AvgIpc) is 3.51. The topological polar surface area (TPSA) is 12.5 Å². The smallest absolute Gasteiger partial charge is 0.132 e. The molecule has 2 nitrogen and oxygen atoms in total.